The van der Waals surface area contributed by atoms with E-state index in [2.05, 4.69) is 9.97 Å². The fourth-order valence-corrected chi connectivity index (χ4v) is 3.48. The third-order valence-electron chi connectivity index (χ3n) is 3.81. The molecule has 0 spiro atoms. The molecule has 3 rings (SSSR count). The molecule has 0 bridgehead atoms. The van der Waals surface area contributed by atoms with E-state index in [1.54, 1.807) is 60.6 Å². The number of carbonyl (C=O) groups excluding carboxylic acids is 2. The van der Waals surface area contributed by atoms with Crippen LogP contribution in [0.1, 0.15) is 22.2 Å². The third kappa shape index (κ3) is 3.40. The highest BCUT2D eigenvalue weighted by molar-refractivity contribution is 7.18. The zero-order valence-corrected chi connectivity index (χ0v) is 14.8. The molecule has 1 amide bonds. The Balaban J connectivity index is 2.04. The van der Waals surface area contributed by atoms with Gasteiger partial charge in [0.05, 0.1) is 11.9 Å². The lowest BCUT2D eigenvalue weighted by Crippen LogP contribution is -2.40. The van der Waals surface area contributed by atoms with Gasteiger partial charge in [0.2, 0.25) is 11.7 Å². The van der Waals surface area contributed by atoms with Crippen LogP contribution in [-0.2, 0) is 4.79 Å². The van der Waals surface area contributed by atoms with E-state index in [1.165, 1.54) is 0 Å². The molecule has 2 heterocycles. The largest absolute Gasteiger partial charge is 0.382 e. The summed E-state index contributed by atoms with van der Waals surface area (Å²) in [5, 5.41) is 0.404. The quantitative estimate of drug-likeness (QED) is 0.646. The number of nitrogens with two attached hydrogens (primary N) is 2. The van der Waals surface area contributed by atoms with E-state index >= 15 is 0 Å². The lowest BCUT2D eigenvalue weighted by atomic mass is 10.1. The lowest BCUT2D eigenvalue weighted by Gasteiger charge is -2.26. The van der Waals surface area contributed by atoms with Crippen LogP contribution < -0.4 is 16.4 Å². The topological polar surface area (TPSA) is 115 Å². The van der Waals surface area contributed by atoms with Crippen molar-refractivity contribution in [1.29, 1.82) is 0 Å². The van der Waals surface area contributed by atoms with Crippen molar-refractivity contribution in [3.05, 3.63) is 65.3 Å². The van der Waals surface area contributed by atoms with Crippen LogP contribution in [0.2, 0.25) is 0 Å². The summed E-state index contributed by atoms with van der Waals surface area (Å²) in [6.07, 6.45) is 3.22. The normalized spacial score (nSPS) is 11.7. The van der Waals surface area contributed by atoms with E-state index in [9.17, 15) is 9.59 Å². The summed E-state index contributed by atoms with van der Waals surface area (Å²) < 4.78 is 0. The van der Waals surface area contributed by atoms with Crippen molar-refractivity contribution in [2.75, 3.05) is 10.6 Å². The number of nitrogen functional groups attached to an aromatic ring is 1. The van der Waals surface area contributed by atoms with Crippen LogP contribution in [0.4, 0.5) is 16.6 Å². The lowest BCUT2D eigenvalue weighted by molar-refractivity contribution is -0.118. The number of pyridine rings is 1. The fourth-order valence-electron chi connectivity index (χ4n) is 2.43. The molecule has 4 N–H and O–H groups in total. The van der Waals surface area contributed by atoms with Gasteiger partial charge in [-0.3, -0.25) is 14.6 Å². The molecule has 1 atom stereocenters. The molecule has 0 fully saturated rings. The van der Waals surface area contributed by atoms with Crippen LogP contribution in [-0.4, -0.2) is 27.7 Å². The van der Waals surface area contributed by atoms with Gasteiger partial charge >= 0.3 is 0 Å². The minimum Gasteiger partial charge on any atom is -0.382 e. The van der Waals surface area contributed by atoms with Gasteiger partial charge in [-0.05, 0) is 19.1 Å². The molecular formula is C18H17N5O2S. The smallest absolute Gasteiger partial charge is 0.240 e. The second-order valence-electron chi connectivity index (χ2n) is 5.57. The standard InChI is InChI=1S/C18H17N5O2S/c1-11(17(20)25)23(13-8-5-9-21-10-13)18-22-16(19)15(26-18)14(24)12-6-3-2-4-7-12/h2-11H,19H2,1H3,(H2,20,25). The number of aromatic nitrogens is 2. The Morgan fingerprint density at radius 1 is 1.15 bits per heavy atom. The predicted octanol–water partition coefficient (Wildman–Crippen LogP) is 2.36. The monoisotopic (exact) mass is 367 g/mol. The molecule has 132 valence electrons. The summed E-state index contributed by atoms with van der Waals surface area (Å²) in [6, 6.07) is 11.6. The Morgan fingerprint density at radius 2 is 1.88 bits per heavy atom. The van der Waals surface area contributed by atoms with Crippen LogP contribution >= 0.6 is 11.3 Å². The van der Waals surface area contributed by atoms with Gasteiger partial charge in [-0.2, -0.15) is 0 Å². The second-order valence-corrected chi connectivity index (χ2v) is 6.54. The summed E-state index contributed by atoms with van der Waals surface area (Å²) in [5.74, 6) is -0.632. The molecule has 26 heavy (non-hydrogen) atoms. The van der Waals surface area contributed by atoms with Gasteiger partial charge in [0.15, 0.2) is 5.13 Å². The summed E-state index contributed by atoms with van der Waals surface area (Å²) in [7, 11) is 0. The molecule has 7 nitrogen and oxygen atoms in total. The van der Waals surface area contributed by atoms with Crippen LogP contribution in [0.5, 0.6) is 0 Å². The number of rotatable bonds is 6. The van der Waals surface area contributed by atoms with E-state index in [4.69, 9.17) is 11.5 Å². The van der Waals surface area contributed by atoms with Crippen molar-refractivity contribution in [1.82, 2.24) is 9.97 Å². The van der Waals surface area contributed by atoms with Crippen LogP contribution in [0, 0.1) is 0 Å². The number of hydrogen-bond donors (Lipinski definition) is 2. The van der Waals surface area contributed by atoms with Crippen LogP contribution in [0.15, 0.2) is 54.9 Å². The Hall–Kier alpha value is -3.26. The molecule has 0 radical (unpaired) electrons. The number of thiazole rings is 1. The molecule has 0 saturated heterocycles. The van der Waals surface area contributed by atoms with E-state index < -0.39 is 11.9 Å². The predicted molar refractivity (Wildman–Crippen MR) is 101 cm³/mol. The van der Waals surface area contributed by atoms with Crippen molar-refractivity contribution in [3.8, 4) is 0 Å². The molecule has 0 aliphatic heterocycles. The first-order chi connectivity index (χ1) is 12.5. The second kappa shape index (κ2) is 7.32. The Bertz CT molecular complexity index is 927. The first-order valence-corrected chi connectivity index (χ1v) is 8.65. The molecule has 1 aromatic carbocycles. The van der Waals surface area contributed by atoms with Gasteiger partial charge in [0.1, 0.15) is 16.7 Å². The average Bonchev–Trinajstić information content (AvgIpc) is 3.04. The number of carbonyl (C=O) groups is 2. The van der Waals surface area contributed by atoms with Crippen molar-refractivity contribution in [3.63, 3.8) is 0 Å². The van der Waals surface area contributed by atoms with Gasteiger partial charge in [-0.25, -0.2) is 4.98 Å². The van der Waals surface area contributed by atoms with Gasteiger partial charge in [-0.1, -0.05) is 41.7 Å². The average molecular weight is 367 g/mol. The molecule has 2 aromatic heterocycles. The summed E-state index contributed by atoms with van der Waals surface area (Å²) in [6.45, 7) is 1.66. The van der Waals surface area contributed by atoms with Crippen LogP contribution in [0.3, 0.4) is 0 Å². The molecule has 8 heteroatoms. The number of anilines is 3. The van der Waals surface area contributed by atoms with E-state index in [0.29, 0.717) is 21.3 Å². The van der Waals surface area contributed by atoms with Gasteiger partial charge in [0.25, 0.3) is 0 Å². The highest BCUT2D eigenvalue weighted by Crippen LogP contribution is 2.35. The first kappa shape index (κ1) is 17.6. The molecule has 1 unspecified atom stereocenters. The van der Waals surface area contributed by atoms with E-state index in [1.807, 2.05) is 6.07 Å². The maximum atomic E-state index is 12.7. The Morgan fingerprint density at radius 3 is 2.50 bits per heavy atom. The van der Waals surface area contributed by atoms with E-state index in [-0.39, 0.29) is 11.6 Å². The SMILES string of the molecule is CC(C(N)=O)N(c1cccnc1)c1nc(N)c(C(=O)c2ccccc2)s1. The molecule has 3 aromatic rings. The molecular weight excluding hydrogens is 350 g/mol. The van der Waals surface area contributed by atoms with Crippen molar-refractivity contribution in [2.24, 2.45) is 5.73 Å². The van der Waals surface area contributed by atoms with Gasteiger partial charge in [0, 0.05) is 11.8 Å². The summed E-state index contributed by atoms with van der Waals surface area (Å²) >= 11 is 1.12. The summed E-state index contributed by atoms with van der Waals surface area (Å²) in [4.78, 5) is 34.8. The molecule has 0 aliphatic rings. The third-order valence-corrected chi connectivity index (χ3v) is 4.88. The van der Waals surface area contributed by atoms with Gasteiger partial charge < -0.3 is 16.4 Å². The number of primary amides is 1. The number of benzene rings is 1. The molecule has 0 aliphatic carbocycles. The maximum Gasteiger partial charge on any atom is 0.240 e. The Kier molecular flexibility index (Phi) is 4.94. The first-order valence-electron chi connectivity index (χ1n) is 7.83. The highest BCUT2D eigenvalue weighted by Gasteiger charge is 2.27. The number of hydrogen-bond acceptors (Lipinski definition) is 7. The van der Waals surface area contributed by atoms with Crippen molar-refractivity contribution < 1.29 is 9.59 Å². The highest BCUT2D eigenvalue weighted by atomic mass is 32.1. The van der Waals surface area contributed by atoms with Crippen molar-refractivity contribution >= 4 is 39.7 Å². The van der Waals surface area contributed by atoms with Gasteiger partial charge in [-0.15, -0.1) is 0 Å². The number of amides is 1. The van der Waals surface area contributed by atoms with Crippen molar-refractivity contribution in [2.45, 2.75) is 13.0 Å². The number of ketones is 1. The minimum absolute atomic E-state index is 0.115. The van der Waals surface area contributed by atoms with Crippen LogP contribution in [0.25, 0.3) is 0 Å². The minimum atomic E-state index is -0.690. The summed E-state index contributed by atoms with van der Waals surface area (Å²) in [5.41, 5.74) is 12.6. The van der Waals surface area contributed by atoms with E-state index in [0.717, 1.165) is 11.3 Å². The zero-order valence-electron chi connectivity index (χ0n) is 14.0. The number of nitrogens with zero attached hydrogens (tertiary/aromatic N) is 3. The zero-order chi connectivity index (χ0) is 18.7. The molecule has 0 saturated carbocycles. The fraction of sp³-hybridized carbons (Fsp3) is 0.111. The maximum absolute atomic E-state index is 12.7. The Labute approximate surface area is 154 Å².